The summed E-state index contributed by atoms with van der Waals surface area (Å²) in [4.78, 5) is 24.6. The third kappa shape index (κ3) is 5.68. The number of nitrogens with zero attached hydrogens (tertiary/aromatic N) is 2. The van der Waals surface area contributed by atoms with E-state index in [0.29, 0.717) is 13.2 Å². The lowest BCUT2D eigenvalue weighted by atomic mass is 10.2. The monoisotopic (exact) mass is 244 g/mol. The fourth-order valence-electron chi connectivity index (χ4n) is 1.51. The Morgan fingerprint density at radius 2 is 1.29 bits per heavy atom. The van der Waals surface area contributed by atoms with Gasteiger partial charge in [-0.05, 0) is 6.42 Å². The maximum atomic E-state index is 10.7. The van der Waals surface area contributed by atoms with E-state index in [4.69, 9.17) is 4.74 Å². The van der Waals surface area contributed by atoms with Crippen LogP contribution in [0.1, 0.15) is 27.7 Å². The molecule has 0 aromatic rings. The van der Waals surface area contributed by atoms with Crippen LogP contribution in [0.4, 0.5) is 0 Å². The van der Waals surface area contributed by atoms with Crippen molar-refractivity contribution in [2.24, 2.45) is 0 Å². The van der Waals surface area contributed by atoms with E-state index in [2.05, 4.69) is 0 Å². The van der Waals surface area contributed by atoms with Crippen LogP contribution in [-0.2, 0) is 14.3 Å². The maximum Gasteiger partial charge on any atom is 0.219 e. The molecule has 2 aliphatic rings. The molecule has 0 saturated carbocycles. The predicted octanol–water partition coefficient (Wildman–Crippen LogP) is 0.740. The first-order valence-corrected chi connectivity index (χ1v) is 5.70. The summed E-state index contributed by atoms with van der Waals surface area (Å²) in [7, 11) is 0. The highest BCUT2D eigenvalue weighted by Crippen LogP contribution is 2.03. The molecule has 0 aliphatic carbocycles. The van der Waals surface area contributed by atoms with Crippen molar-refractivity contribution < 1.29 is 14.3 Å². The summed E-state index contributed by atoms with van der Waals surface area (Å²) in [6, 6.07) is 0. The van der Waals surface area contributed by atoms with Crippen molar-refractivity contribution in [3.63, 3.8) is 0 Å². The Morgan fingerprint density at radius 3 is 1.47 bits per heavy atom. The zero-order valence-corrected chi connectivity index (χ0v) is 10.1. The number of carbonyl (C=O) groups is 2. The zero-order valence-electron chi connectivity index (χ0n) is 10.1. The van der Waals surface area contributed by atoms with Crippen LogP contribution in [0.3, 0.4) is 0 Å². The van der Waals surface area contributed by atoms with Gasteiger partial charge in [0.05, 0.1) is 13.2 Å². The SMILES string of the molecule is C.CC(=O)N1CCC1.CC(=O)N1CCOCC1. The second-order valence-electron chi connectivity index (χ2n) is 3.98. The molecule has 2 amide bonds. The fraction of sp³-hybridized carbons (Fsp3) is 0.833. The molecule has 0 atom stereocenters. The summed E-state index contributed by atoms with van der Waals surface area (Å²) in [5, 5.41) is 0. The van der Waals surface area contributed by atoms with Crippen molar-refractivity contribution in [1.82, 2.24) is 9.80 Å². The van der Waals surface area contributed by atoms with E-state index in [0.717, 1.165) is 26.2 Å². The molecule has 0 radical (unpaired) electrons. The Kier molecular flexibility index (Phi) is 7.54. The van der Waals surface area contributed by atoms with Crippen LogP contribution in [0, 0.1) is 0 Å². The average molecular weight is 244 g/mol. The molecule has 0 aromatic heterocycles. The number of carbonyl (C=O) groups excluding carboxylic acids is 2. The highest BCUT2D eigenvalue weighted by molar-refractivity contribution is 5.74. The molecule has 5 nitrogen and oxygen atoms in total. The van der Waals surface area contributed by atoms with Crippen molar-refractivity contribution in [2.75, 3.05) is 39.4 Å². The van der Waals surface area contributed by atoms with Gasteiger partial charge in [0, 0.05) is 40.0 Å². The van der Waals surface area contributed by atoms with Crippen LogP contribution in [0.5, 0.6) is 0 Å². The van der Waals surface area contributed by atoms with Crippen molar-refractivity contribution >= 4 is 11.8 Å². The summed E-state index contributed by atoms with van der Waals surface area (Å²) in [6.07, 6.45) is 1.19. The Labute approximate surface area is 104 Å². The van der Waals surface area contributed by atoms with Crippen molar-refractivity contribution in [1.29, 1.82) is 0 Å². The predicted molar refractivity (Wildman–Crippen MR) is 66.7 cm³/mol. The van der Waals surface area contributed by atoms with Crippen LogP contribution in [0.25, 0.3) is 0 Å². The molecular formula is C12H24N2O3. The van der Waals surface area contributed by atoms with E-state index in [1.165, 1.54) is 6.42 Å². The number of morpholine rings is 1. The van der Waals surface area contributed by atoms with Gasteiger partial charge in [0.15, 0.2) is 0 Å². The van der Waals surface area contributed by atoms with E-state index < -0.39 is 0 Å². The summed E-state index contributed by atoms with van der Waals surface area (Å²) in [5.74, 6) is 0.365. The maximum absolute atomic E-state index is 10.7. The molecule has 0 spiro atoms. The standard InChI is InChI=1S/C6H11NO2.C5H9NO.CH4/c1-6(8)7-2-4-9-5-3-7;1-5(7)6-3-2-4-6;/h2-5H2,1H3;2-4H2,1H3;1H4. The first kappa shape index (κ1) is 15.9. The number of hydrogen-bond acceptors (Lipinski definition) is 3. The summed E-state index contributed by atoms with van der Waals surface area (Å²) >= 11 is 0. The third-order valence-corrected chi connectivity index (χ3v) is 2.76. The van der Waals surface area contributed by atoms with Crippen molar-refractivity contribution in [3.05, 3.63) is 0 Å². The summed E-state index contributed by atoms with van der Waals surface area (Å²) in [6.45, 7) is 8.07. The first-order chi connectivity index (χ1) is 7.61. The molecule has 0 unspecified atom stereocenters. The number of rotatable bonds is 0. The Morgan fingerprint density at radius 1 is 0.882 bits per heavy atom. The molecule has 0 aromatic carbocycles. The highest BCUT2D eigenvalue weighted by Gasteiger charge is 2.14. The normalized spacial score (nSPS) is 18.2. The van der Waals surface area contributed by atoms with Gasteiger partial charge in [-0.1, -0.05) is 7.43 Å². The van der Waals surface area contributed by atoms with Gasteiger partial charge < -0.3 is 14.5 Å². The van der Waals surface area contributed by atoms with Crippen molar-refractivity contribution in [3.8, 4) is 0 Å². The second-order valence-corrected chi connectivity index (χ2v) is 3.98. The molecule has 5 heteroatoms. The Balaban J connectivity index is 0.000000292. The lowest BCUT2D eigenvalue weighted by Gasteiger charge is -2.29. The molecule has 2 aliphatic heterocycles. The van der Waals surface area contributed by atoms with Gasteiger partial charge >= 0.3 is 0 Å². The van der Waals surface area contributed by atoms with Gasteiger partial charge in [0.2, 0.25) is 11.8 Å². The summed E-state index contributed by atoms with van der Waals surface area (Å²) < 4.78 is 5.06. The molecule has 2 rings (SSSR count). The lowest BCUT2D eigenvalue weighted by Crippen LogP contribution is -2.40. The van der Waals surface area contributed by atoms with Crippen LogP contribution in [0.15, 0.2) is 0 Å². The molecule has 2 heterocycles. The largest absolute Gasteiger partial charge is 0.378 e. The Bertz CT molecular complexity index is 246. The minimum Gasteiger partial charge on any atom is -0.378 e. The van der Waals surface area contributed by atoms with E-state index in [9.17, 15) is 9.59 Å². The topological polar surface area (TPSA) is 49.9 Å². The van der Waals surface area contributed by atoms with E-state index >= 15 is 0 Å². The number of hydrogen-bond donors (Lipinski definition) is 0. The number of likely N-dealkylation sites (tertiary alicyclic amines) is 1. The lowest BCUT2D eigenvalue weighted by molar-refractivity contribution is -0.133. The molecule has 2 fully saturated rings. The van der Waals surface area contributed by atoms with E-state index in [1.54, 1.807) is 18.7 Å². The van der Waals surface area contributed by atoms with Crippen molar-refractivity contribution in [2.45, 2.75) is 27.7 Å². The molecule has 2 saturated heterocycles. The van der Waals surface area contributed by atoms with Crippen LogP contribution >= 0.6 is 0 Å². The quantitative estimate of drug-likeness (QED) is 0.631. The van der Waals surface area contributed by atoms with Gasteiger partial charge in [0.25, 0.3) is 0 Å². The molecule has 0 N–H and O–H groups in total. The van der Waals surface area contributed by atoms with Crippen LogP contribution in [-0.4, -0.2) is 61.0 Å². The minimum atomic E-state index is 0. The second kappa shape index (κ2) is 8.06. The molecule has 0 bridgehead atoms. The summed E-state index contributed by atoms with van der Waals surface area (Å²) in [5.41, 5.74) is 0. The van der Waals surface area contributed by atoms with E-state index in [-0.39, 0.29) is 19.2 Å². The van der Waals surface area contributed by atoms with Crippen LogP contribution in [0.2, 0.25) is 0 Å². The molecule has 17 heavy (non-hydrogen) atoms. The van der Waals surface area contributed by atoms with Gasteiger partial charge in [-0.25, -0.2) is 0 Å². The van der Waals surface area contributed by atoms with Gasteiger partial charge in [-0.2, -0.15) is 0 Å². The number of amides is 2. The fourth-order valence-corrected chi connectivity index (χ4v) is 1.51. The van der Waals surface area contributed by atoms with Crippen LogP contribution < -0.4 is 0 Å². The minimum absolute atomic E-state index is 0. The van der Waals surface area contributed by atoms with Gasteiger partial charge in [0.1, 0.15) is 0 Å². The smallest absolute Gasteiger partial charge is 0.219 e. The number of ether oxygens (including phenoxy) is 1. The molecular weight excluding hydrogens is 220 g/mol. The Hall–Kier alpha value is -1.10. The molecule has 100 valence electrons. The zero-order chi connectivity index (χ0) is 12.0. The van der Waals surface area contributed by atoms with E-state index in [1.807, 2.05) is 4.90 Å². The third-order valence-electron chi connectivity index (χ3n) is 2.76. The van der Waals surface area contributed by atoms with Gasteiger partial charge in [-0.3, -0.25) is 9.59 Å². The average Bonchev–Trinajstić information content (AvgIpc) is 2.16. The highest BCUT2D eigenvalue weighted by atomic mass is 16.5. The first-order valence-electron chi connectivity index (χ1n) is 5.70. The van der Waals surface area contributed by atoms with Gasteiger partial charge in [-0.15, -0.1) is 0 Å².